The maximum atomic E-state index is 13.3. The molecule has 3 aromatic rings. The molecule has 0 saturated heterocycles. The molecule has 0 bridgehead atoms. The van der Waals surface area contributed by atoms with Gasteiger partial charge in [-0.05, 0) is 31.2 Å². The lowest BCUT2D eigenvalue weighted by Gasteiger charge is -2.18. The van der Waals surface area contributed by atoms with Crippen molar-refractivity contribution in [3.05, 3.63) is 101 Å². The van der Waals surface area contributed by atoms with E-state index in [1.54, 1.807) is 18.1 Å². The van der Waals surface area contributed by atoms with Crippen molar-refractivity contribution in [2.45, 2.75) is 6.92 Å². The SMILES string of the molecule is COc1ccccc1/C=C1\N=C(c2ccccc2)N(c2ccc(C)cc2)C1=O. The smallest absolute Gasteiger partial charge is 0.282 e. The summed E-state index contributed by atoms with van der Waals surface area (Å²) >= 11 is 0. The Balaban J connectivity index is 1.83. The van der Waals surface area contributed by atoms with Gasteiger partial charge < -0.3 is 4.74 Å². The zero-order chi connectivity index (χ0) is 19.5. The monoisotopic (exact) mass is 368 g/mol. The molecule has 0 aliphatic carbocycles. The van der Waals surface area contributed by atoms with Crippen molar-refractivity contribution >= 4 is 23.5 Å². The minimum atomic E-state index is -0.159. The van der Waals surface area contributed by atoms with Crippen LogP contribution in [0.25, 0.3) is 6.08 Å². The van der Waals surface area contributed by atoms with Gasteiger partial charge in [-0.3, -0.25) is 9.69 Å². The molecular weight excluding hydrogens is 348 g/mol. The van der Waals surface area contributed by atoms with E-state index in [4.69, 9.17) is 4.74 Å². The zero-order valence-electron chi connectivity index (χ0n) is 15.8. The second kappa shape index (κ2) is 7.53. The molecule has 0 unspecified atom stereocenters. The third kappa shape index (κ3) is 3.32. The molecule has 0 saturated carbocycles. The summed E-state index contributed by atoms with van der Waals surface area (Å²) in [5.74, 6) is 1.16. The number of carbonyl (C=O) groups is 1. The molecule has 28 heavy (non-hydrogen) atoms. The quantitative estimate of drug-likeness (QED) is 0.619. The first-order valence-electron chi connectivity index (χ1n) is 9.07. The minimum Gasteiger partial charge on any atom is -0.496 e. The van der Waals surface area contributed by atoms with E-state index in [2.05, 4.69) is 4.99 Å². The van der Waals surface area contributed by atoms with Crippen LogP contribution in [0, 0.1) is 6.92 Å². The van der Waals surface area contributed by atoms with Crippen LogP contribution in [0.3, 0.4) is 0 Å². The molecule has 1 heterocycles. The lowest BCUT2D eigenvalue weighted by molar-refractivity contribution is -0.113. The van der Waals surface area contributed by atoms with Crippen molar-refractivity contribution in [3.63, 3.8) is 0 Å². The van der Waals surface area contributed by atoms with Crippen LogP contribution < -0.4 is 9.64 Å². The third-order valence-corrected chi connectivity index (χ3v) is 4.62. The van der Waals surface area contributed by atoms with Gasteiger partial charge in [0.15, 0.2) is 0 Å². The first-order valence-corrected chi connectivity index (χ1v) is 9.07. The highest BCUT2D eigenvalue weighted by molar-refractivity contribution is 6.33. The van der Waals surface area contributed by atoms with Crippen LogP contribution in [0.15, 0.2) is 89.6 Å². The second-order valence-corrected chi connectivity index (χ2v) is 6.55. The molecular formula is C24H20N2O2. The summed E-state index contributed by atoms with van der Waals surface area (Å²) in [6.45, 7) is 2.02. The predicted molar refractivity (Wildman–Crippen MR) is 113 cm³/mol. The van der Waals surface area contributed by atoms with Crippen molar-refractivity contribution < 1.29 is 9.53 Å². The summed E-state index contributed by atoms with van der Waals surface area (Å²) in [7, 11) is 1.62. The van der Waals surface area contributed by atoms with Gasteiger partial charge in [0.2, 0.25) is 0 Å². The number of rotatable bonds is 4. The number of para-hydroxylation sites is 1. The lowest BCUT2D eigenvalue weighted by Crippen LogP contribution is -2.32. The summed E-state index contributed by atoms with van der Waals surface area (Å²) in [6, 6.07) is 25.2. The minimum absolute atomic E-state index is 0.159. The number of aliphatic imine (C=N–C) groups is 1. The fourth-order valence-corrected chi connectivity index (χ4v) is 3.16. The van der Waals surface area contributed by atoms with Crippen molar-refractivity contribution in [1.29, 1.82) is 0 Å². The highest BCUT2D eigenvalue weighted by Gasteiger charge is 2.32. The van der Waals surface area contributed by atoms with Crippen molar-refractivity contribution in [2.75, 3.05) is 12.0 Å². The normalized spacial score (nSPS) is 15.1. The summed E-state index contributed by atoms with van der Waals surface area (Å²) in [4.78, 5) is 19.6. The van der Waals surface area contributed by atoms with Crippen LogP contribution >= 0.6 is 0 Å². The van der Waals surface area contributed by atoms with E-state index < -0.39 is 0 Å². The van der Waals surface area contributed by atoms with Crippen LogP contribution in [0.4, 0.5) is 5.69 Å². The molecule has 0 spiro atoms. The molecule has 1 amide bonds. The molecule has 0 atom stereocenters. The van der Waals surface area contributed by atoms with E-state index in [-0.39, 0.29) is 5.91 Å². The maximum Gasteiger partial charge on any atom is 0.282 e. The molecule has 1 aliphatic heterocycles. The van der Waals surface area contributed by atoms with Crippen molar-refractivity contribution in [1.82, 2.24) is 0 Å². The molecule has 1 aliphatic rings. The van der Waals surface area contributed by atoms with E-state index >= 15 is 0 Å². The average molecular weight is 368 g/mol. The van der Waals surface area contributed by atoms with Gasteiger partial charge in [0.25, 0.3) is 5.91 Å². The largest absolute Gasteiger partial charge is 0.496 e. The number of benzene rings is 3. The van der Waals surface area contributed by atoms with Gasteiger partial charge in [-0.2, -0.15) is 0 Å². The van der Waals surface area contributed by atoms with Gasteiger partial charge in [0.05, 0.1) is 12.8 Å². The Kier molecular flexibility index (Phi) is 4.77. The number of hydrogen-bond acceptors (Lipinski definition) is 3. The first kappa shape index (κ1) is 17.7. The molecule has 0 N–H and O–H groups in total. The van der Waals surface area contributed by atoms with E-state index in [0.717, 1.165) is 22.4 Å². The Morgan fingerprint density at radius 3 is 2.29 bits per heavy atom. The highest BCUT2D eigenvalue weighted by atomic mass is 16.5. The number of aryl methyl sites for hydroxylation is 1. The summed E-state index contributed by atoms with van der Waals surface area (Å²) < 4.78 is 5.41. The molecule has 0 aromatic heterocycles. The Morgan fingerprint density at radius 1 is 0.893 bits per heavy atom. The highest BCUT2D eigenvalue weighted by Crippen LogP contribution is 2.29. The van der Waals surface area contributed by atoms with Gasteiger partial charge in [-0.1, -0.05) is 66.2 Å². The predicted octanol–water partition coefficient (Wildman–Crippen LogP) is 4.84. The molecule has 138 valence electrons. The number of nitrogens with zero attached hydrogens (tertiary/aromatic N) is 2. The number of carbonyl (C=O) groups excluding carboxylic acids is 1. The van der Waals surface area contributed by atoms with E-state index in [9.17, 15) is 4.79 Å². The topological polar surface area (TPSA) is 41.9 Å². The van der Waals surface area contributed by atoms with Crippen LogP contribution in [-0.2, 0) is 4.79 Å². The Labute approximate surface area is 164 Å². The van der Waals surface area contributed by atoms with Gasteiger partial charge in [-0.15, -0.1) is 0 Å². The number of ether oxygens (including phenoxy) is 1. The number of amides is 1. The Morgan fingerprint density at radius 2 is 1.57 bits per heavy atom. The molecule has 4 nitrogen and oxygen atoms in total. The molecule has 0 fully saturated rings. The van der Waals surface area contributed by atoms with Gasteiger partial charge >= 0.3 is 0 Å². The van der Waals surface area contributed by atoms with Crippen LogP contribution in [0.1, 0.15) is 16.7 Å². The van der Waals surface area contributed by atoms with Gasteiger partial charge in [0.1, 0.15) is 17.3 Å². The van der Waals surface area contributed by atoms with Crippen LogP contribution in [-0.4, -0.2) is 18.9 Å². The molecule has 0 radical (unpaired) electrons. The summed E-state index contributed by atoms with van der Waals surface area (Å²) in [5.41, 5.74) is 4.01. The number of hydrogen-bond donors (Lipinski definition) is 0. The van der Waals surface area contributed by atoms with E-state index in [1.807, 2.05) is 85.8 Å². The molecule has 3 aromatic carbocycles. The van der Waals surface area contributed by atoms with Crippen molar-refractivity contribution in [2.24, 2.45) is 4.99 Å². The number of methoxy groups -OCH3 is 1. The fraction of sp³-hybridized carbons (Fsp3) is 0.0833. The summed E-state index contributed by atoms with van der Waals surface area (Å²) in [5, 5.41) is 0. The maximum absolute atomic E-state index is 13.3. The third-order valence-electron chi connectivity index (χ3n) is 4.62. The van der Waals surface area contributed by atoms with Crippen LogP contribution in [0.5, 0.6) is 5.75 Å². The standard InChI is InChI=1S/C24H20N2O2/c1-17-12-14-20(15-13-17)26-23(18-8-4-3-5-9-18)25-21(24(26)27)16-19-10-6-7-11-22(19)28-2/h3-16H,1-2H3/b21-16-. The van der Waals surface area contributed by atoms with Gasteiger partial charge in [-0.25, -0.2) is 4.99 Å². The van der Waals surface area contributed by atoms with E-state index in [1.165, 1.54) is 0 Å². The number of amidine groups is 1. The number of anilines is 1. The van der Waals surface area contributed by atoms with Gasteiger partial charge in [0, 0.05) is 11.1 Å². The Bertz CT molecular complexity index is 1070. The molecule has 4 rings (SSSR count). The second-order valence-electron chi connectivity index (χ2n) is 6.55. The molecule has 4 heteroatoms. The average Bonchev–Trinajstić information content (AvgIpc) is 3.06. The zero-order valence-corrected chi connectivity index (χ0v) is 15.8. The Hall–Kier alpha value is -3.66. The van der Waals surface area contributed by atoms with Crippen molar-refractivity contribution in [3.8, 4) is 5.75 Å². The summed E-state index contributed by atoms with van der Waals surface area (Å²) in [6.07, 6.45) is 1.78. The lowest BCUT2D eigenvalue weighted by atomic mass is 10.1. The fourth-order valence-electron chi connectivity index (χ4n) is 3.16. The van der Waals surface area contributed by atoms with E-state index in [0.29, 0.717) is 17.3 Å². The van der Waals surface area contributed by atoms with Crippen LogP contribution in [0.2, 0.25) is 0 Å². The first-order chi connectivity index (χ1) is 13.7.